The Bertz CT molecular complexity index is 555. The second-order valence-corrected chi connectivity index (χ2v) is 7.92. The van der Waals surface area contributed by atoms with Crippen molar-refractivity contribution in [1.82, 2.24) is 4.98 Å². The monoisotopic (exact) mass is 352 g/mol. The molecule has 108 valence electrons. The predicted octanol–water partition coefficient (Wildman–Crippen LogP) is 4.49. The third-order valence-electron chi connectivity index (χ3n) is 3.37. The summed E-state index contributed by atoms with van der Waals surface area (Å²) in [5.74, 6) is 0.335. The number of thiazole rings is 1. The number of benzene rings is 1. The van der Waals surface area contributed by atoms with Crippen LogP contribution in [-0.4, -0.2) is 11.5 Å². The minimum absolute atomic E-state index is 0.116. The van der Waals surface area contributed by atoms with Gasteiger partial charge in [-0.3, -0.25) is 0 Å². The van der Waals surface area contributed by atoms with Crippen LogP contribution >= 0.6 is 27.3 Å². The normalized spacial score (nSPS) is 13.4. The smallest absolute Gasteiger partial charge is 0.0935 e. The van der Waals surface area contributed by atoms with Gasteiger partial charge in [0.1, 0.15) is 0 Å². The molecule has 2 N–H and O–H groups in total. The molecule has 0 aliphatic carbocycles. The van der Waals surface area contributed by atoms with E-state index in [1.807, 2.05) is 0 Å². The molecule has 1 heterocycles. The maximum Gasteiger partial charge on any atom is 0.0935 e. The molecule has 0 aliphatic rings. The van der Waals surface area contributed by atoms with Crippen molar-refractivity contribution in [2.24, 2.45) is 5.73 Å². The van der Waals surface area contributed by atoms with Gasteiger partial charge in [0, 0.05) is 27.6 Å². The topological polar surface area (TPSA) is 38.9 Å². The molecule has 1 unspecified atom stereocenters. The summed E-state index contributed by atoms with van der Waals surface area (Å²) in [6.45, 7) is 7.23. The maximum atomic E-state index is 5.95. The van der Waals surface area contributed by atoms with Crippen LogP contribution in [-0.2, 0) is 11.8 Å². The van der Waals surface area contributed by atoms with Gasteiger partial charge in [-0.05, 0) is 24.2 Å². The average molecular weight is 353 g/mol. The van der Waals surface area contributed by atoms with E-state index in [4.69, 9.17) is 10.7 Å². The van der Waals surface area contributed by atoms with Gasteiger partial charge < -0.3 is 5.73 Å². The van der Waals surface area contributed by atoms with Crippen molar-refractivity contribution in [1.29, 1.82) is 0 Å². The van der Waals surface area contributed by atoms with E-state index in [-0.39, 0.29) is 5.41 Å². The van der Waals surface area contributed by atoms with Crippen LogP contribution in [0.25, 0.3) is 0 Å². The van der Waals surface area contributed by atoms with Crippen LogP contribution in [0.2, 0.25) is 0 Å². The zero-order chi connectivity index (χ0) is 14.8. The molecule has 1 aromatic heterocycles. The summed E-state index contributed by atoms with van der Waals surface area (Å²) in [4.78, 5) is 4.77. The lowest BCUT2D eigenvalue weighted by Crippen LogP contribution is -2.16. The highest BCUT2D eigenvalue weighted by atomic mass is 79.9. The van der Waals surface area contributed by atoms with Gasteiger partial charge in [0.05, 0.1) is 10.7 Å². The Morgan fingerprint density at radius 2 is 1.90 bits per heavy atom. The number of aromatic nitrogens is 1. The molecule has 2 aromatic rings. The van der Waals surface area contributed by atoms with Crippen molar-refractivity contribution in [2.75, 3.05) is 6.54 Å². The van der Waals surface area contributed by atoms with Gasteiger partial charge in [-0.2, -0.15) is 0 Å². The highest BCUT2D eigenvalue weighted by Crippen LogP contribution is 2.27. The number of halogens is 1. The van der Waals surface area contributed by atoms with Crippen LogP contribution in [0.15, 0.2) is 34.1 Å². The van der Waals surface area contributed by atoms with Crippen molar-refractivity contribution in [3.05, 3.63) is 50.4 Å². The Morgan fingerprint density at radius 1 is 1.25 bits per heavy atom. The fourth-order valence-electron chi connectivity index (χ4n) is 2.03. The first kappa shape index (κ1) is 15.7. The fourth-order valence-corrected chi connectivity index (χ4v) is 3.40. The third-order valence-corrected chi connectivity index (χ3v) is 4.77. The van der Waals surface area contributed by atoms with E-state index < -0.39 is 0 Å². The van der Waals surface area contributed by atoms with Crippen molar-refractivity contribution in [3.63, 3.8) is 0 Å². The number of hydrogen-bond donors (Lipinski definition) is 1. The Kier molecular flexibility index (Phi) is 4.99. The summed E-state index contributed by atoms with van der Waals surface area (Å²) in [7, 11) is 0. The van der Waals surface area contributed by atoms with E-state index >= 15 is 0 Å². The van der Waals surface area contributed by atoms with Crippen LogP contribution in [0.1, 0.15) is 43.0 Å². The second kappa shape index (κ2) is 6.37. The molecule has 0 aliphatic heterocycles. The molecule has 20 heavy (non-hydrogen) atoms. The Labute approximate surface area is 133 Å². The zero-order valence-corrected chi connectivity index (χ0v) is 14.6. The molecular weight excluding hydrogens is 332 g/mol. The van der Waals surface area contributed by atoms with Gasteiger partial charge in [0.25, 0.3) is 0 Å². The number of rotatable bonds is 4. The van der Waals surface area contributed by atoms with Gasteiger partial charge in [0.2, 0.25) is 0 Å². The van der Waals surface area contributed by atoms with Crippen LogP contribution in [0, 0.1) is 0 Å². The van der Waals surface area contributed by atoms with Crippen molar-refractivity contribution >= 4 is 27.3 Å². The second-order valence-electron chi connectivity index (χ2n) is 6.06. The highest BCUT2D eigenvalue weighted by molar-refractivity contribution is 9.10. The fraction of sp³-hybridized carbons (Fsp3) is 0.438. The lowest BCUT2D eigenvalue weighted by molar-refractivity contribution is 0.568. The van der Waals surface area contributed by atoms with Gasteiger partial charge in [-0.15, -0.1) is 11.3 Å². The molecule has 0 radical (unpaired) electrons. The summed E-state index contributed by atoms with van der Waals surface area (Å²) in [6.07, 6.45) is 0.916. The first-order valence-corrected chi connectivity index (χ1v) is 8.48. The molecule has 0 saturated carbocycles. The SMILES string of the molecule is CC(C)(C)c1csc(CC(CN)c2ccc(Br)cc2)n1. The zero-order valence-electron chi connectivity index (χ0n) is 12.2. The first-order valence-electron chi connectivity index (χ1n) is 6.80. The van der Waals surface area contributed by atoms with Crippen LogP contribution < -0.4 is 5.73 Å². The Morgan fingerprint density at radius 3 is 2.40 bits per heavy atom. The van der Waals surface area contributed by atoms with Gasteiger partial charge >= 0.3 is 0 Å². The maximum absolute atomic E-state index is 5.95. The molecule has 2 nitrogen and oxygen atoms in total. The predicted molar refractivity (Wildman–Crippen MR) is 90.5 cm³/mol. The van der Waals surface area contributed by atoms with Crippen LogP contribution in [0.3, 0.4) is 0 Å². The van der Waals surface area contributed by atoms with E-state index in [1.165, 1.54) is 16.3 Å². The van der Waals surface area contributed by atoms with E-state index in [1.54, 1.807) is 11.3 Å². The van der Waals surface area contributed by atoms with E-state index in [0.29, 0.717) is 12.5 Å². The van der Waals surface area contributed by atoms with Crippen LogP contribution in [0.5, 0.6) is 0 Å². The first-order chi connectivity index (χ1) is 9.40. The number of hydrogen-bond acceptors (Lipinski definition) is 3. The lowest BCUT2D eigenvalue weighted by Gasteiger charge is -2.15. The van der Waals surface area contributed by atoms with Crippen LogP contribution in [0.4, 0.5) is 0 Å². The molecule has 0 bridgehead atoms. The summed E-state index contributed by atoms with van der Waals surface area (Å²) >= 11 is 5.21. The van der Waals surface area contributed by atoms with Crippen molar-refractivity contribution in [3.8, 4) is 0 Å². The standard InChI is InChI=1S/C16H21BrN2S/c1-16(2,3)14-10-20-15(19-14)8-12(9-18)11-4-6-13(17)7-5-11/h4-7,10,12H,8-9,18H2,1-3H3. The highest BCUT2D eigenvalue weighted by Gasteiger charge is 2.19. The summed E-state index contributed by atoms with van der Waals surface area (Å²) in [5.41, 5.74) is 8.52. The van der Waals surface area contributed by atoms with Gasteiger partial charge in [-0.25, -0.2) is 4.98 Å². The third kappa shape index (κ3) is 3.90. The average Bonchev–Trinajstić information content (AvgIpc) is 2.85. The summed E-state index contributed by atoms with van der Waals surface area (Å²) < 4.78 is 1.10. The summed E-state index contributed by atoms with van der Waals surface area (Å²) in [5, 5.41) is 3.35. The molecule has 4 heteroatoms. The molecule has 0 fully saturated rings. The van der Waals surface area contributed by atoms with Gasteiger partial charge in [-0.1, -0.05) is 48.8 Å². The van der Waals surface area contributed by atoms with E-state index in [0.717, 1.165) is 10.9 Å². The van der Waals surface area contributed by atoms with Crippen molar-refractivity contribution < 1.29 is 0 Å². The molecule has 0 amide bonds. The van der Waals surface area contributed by atoms with Crippen molar-refractivity contribution in [2.45, 2.75) is 38.5 Å². The van der Waals surface area contributed by atoms with Gasteiger partial charge in [0.15, 0.2) is 0 Å². The largest absolute Gasteiger partial charge is 0.330 e. The lowest BCUT2D eigenvalue weighted by atomic mass is 9.93. The quantitative estimate of drug-likeness (QED) is 0.880. The summed E-state index contributed by atoms with van der Waals surface area (Å²) in [6, 6.07) is 8.42. The molecule has 0 saturated heterocycles. The molecular formula is C16H21BrN2S. The molecule has 2 rings (SSSR count). The minimum Gasteiger partial charge on any atom is -0.330 e. The molecule has 1 aromatic carbocycles. The molecule has 0 spiro atoms. The van der Waals surface area contributed by atoms with E-state index in [9.17, 15) is 0 Å². The number of nitrogens with zero attached hydrogens (tertiary/aromatic N) is 1. The minimum atomic E-state index is 0.116. The Hall–Kier alpha value is -0.710. The molecule has 1 atom stereocenters. The Balaban J connectivity index is 2.14. The number of nitrogens with two attached hydrogens (primary N) is 1. The van der Waals surface area contributed by atoms with E-state index in [2.05, 4.69) is 66.3 Å².